The van der Waals surface area contributed by atoms with Crippen molar-refractivity contribution in [3.63, 3.8) is 0 Å². The van der Waals surface area contributed by atoms with Gasteiger partial charge in [-0.3, -0.25) is 4.79 Å². The molecule has 3 amide bonds. The van der Waals surface area contributed by atoms with Crippen LogP contribution in [0.4, 0.5) is 4.79 Å². The lowest BCUT2D eigenvalue weighted by atomic mass is 10.0. The molecule has 0 heterocycles. The van der Waals surface area contributed by atoms with E-state index in [0.29, 0.717) is 18.0 Å². The Morgan fingerprint density at radius 3 is 2.46 bits per heavy atom. The summed E-state index contributed by atoms with van der Waals surface area (Å²) >= 11 is 0. The highest BCUT2D eigenvalue weighted by atomic mass is 16.5. The number of nitrogens with one attached hydrogen (secondary N) is 2. The molecule has 2 aromatic carbocycles. The van der Waals surface area contributed by atoms with Crippen molar-refractivity contribution in [2.75, 3.05) is 6.54 Å². The van der Waals surface area contributed by atoms with Crippen molar-refractivity contribution in [3.05, 3.63) is 60.2 Å². The molecule has 0 bridgehead atoms. The molecule has 0 aliphatic rings. The third-order valence-electron chi connectivity index (χ3n) is 3.32. The van der Waals surface area contributed by atoms with Crippen molar-refractivity contribution in [1.29, 1.82) is 0 Å². The molecule has 2 rings (SSSR count). The summed E-state index contributed by atoms with van der Waals surface area (Å²) in [5.41, 5.74) is 5.97. The quantitative estimate of drug-likeness (QED) is 0.730. The molecule has 6 nitrogen and oxygen atoms in total. The van der Waals surface area contributed by atoms with Crippen molar-refractivity contribution >= 4 is 11.9 Å². The Morgan fingerprint density at radius 2 is 1.79 bits per heavy atom. The first kappa shape index (κ1) is 17.3. The number of hydrogen-bond acceptors (Lipinski definition) is 3. The number of rotatable bonds is 7. The van der Waals surface area contributed by atoms with Crippen LogP contribution in [0.15, 0.2) is 54.6 Å². The first-order valence-corrected chi connectivity index (χ1v) is 7.74. The van der Waals surface area contributed by atoms with E-state index in [-0.39, 0.29) is 12.3 Å². The van der Waals surface area contributed by atoms with E-state index in [4.69, 9.17) is 10.5 Å². The molecule has 0 aromatic heterocycles. The fourth-order valence-corrected chi connectivity index (χ4v) is 2.30. The summed E-state index contributed by atoms with van der Waals surface area (Å²) in [7, 11) is 0. The predicted molar refractivity (Wildman–Crippen MR) is 91.7 cm³/mol. The van der Waals surface area contributed by atoms with Gasteiger partial charge in [-0.15, -0.1) is 0 Å². The van der Waals surface area contributed by atoms with Crippen molar-refractivity contribution in [3.8, 4) is 11.5 Å². The summed E-state index contributed by atoms with van der Waals surface area (Å²) in [5.74, 6) is 1.16. The van der Waals surface area contributed by atoms with Crippen LogP contribution >= 0.6 is 0 Å². The third-order valence-corrected chi connectivity index (χ3v) is 3.32. The number of benzene rings is 2. The Balaban J connectivity index is 2.18. The highest BCUT2D eigenvalue weighted by Crippen LogP contribution is 2.25. The fourth-order valence-electron chi connectivity index (χ4n) is 2.30. The molecule has 0 fully saturated rings. The Morgan fingerprint density at radius 1 is 1.08 bits per heavy atom. The summed E-state index contributed by atoms with van der Waals surface area (Å²) < 4.78 is 5.78. The van der Waals surface area contributed by atoms with Gasteiger partial charge in [-0.05, 0) is 36.8 Å². The van der Waals surface area contributed by atoms with Gasteiger partial charge in [0.1, 0.15) is 11.5 Å². The molecule has 126 valence electrons. The van der Waals surface area contributed by atoms with Crippen molar-refractivity contribution in [2.24, 2.45) is 5.73 Å². The van der Waals surface area contributed by atoms with E-state index in [1.165, 1.54) is 0 Å². The van der Waals surface area contributed by atoms with Gasteiger partial charge in [-0.25, -0.2) is 4.79 Å². The van der Waals surface area contributed by atoms with E-state index in [1.807, 2.05) is 49.4 Å². The maximum atomic E-state index is 11.8. The van der Waals surface area contributed by atoms with Crippen LogP contribution in [0.2, 0.25) is 0 Å². The monoisotopic (exact) mass is 327 g/mol. The van der Waals surface area contributed by atoms with Crippen molar-refractivity contribution in [1.82, 2.24) is 10.6 Å². The molecule has 1 atom stereocenters. The number of hydrogen-bond donors (Lipinski definition) is 3. The maximum absolute atomic E-state index is 11.8. The van der Waals surface area contributed by atoms with Crippen LogP contribution in [-0.4, -0.2) is 18.5 Å². The average molecular weight is 327 g/mol. The van der Waals surface area contributed by atoms with Crippen LogP contribution < -0.4 is 21.1 Å². The molecule has 0 aliphatic heterocycles. The molecule has 24 heavy (non-hydrogen) atoms. The molecule has 6 heteroatoms. The summed E-state index contributed by atoms with van der Waals surface area (Å²) in [6.45, 7) is 2.36. The molecular weight excluding hydrogens is 306 g/mol. The van der Waals surface area contributed by atoms with E-state index in [9.17, 15) is 9.59 Å². The molecule has 0 saturated heterocycles. The van der Waals surface area contributed by atoms with Gasteiger partial charge >= 0.3 is 6.03 Å². The zero-order valence-electron chi connectivity index (χ0n) is 13.5. The van der Waals surface area contributed by atoms with Gasteiger partial charge in [0.15, 0.2) is 0 Å². The maximum Gasteiger partial charge on any atom is 0.312 e. The number of nitrogens with two attached hydrogens (primary N) is 1. The summed E-state index contributed by atoms with van der Waals surface area (Å²) in [6, 6.07) is 15.4. The van der Waals surface area contributed by atoms with Gasteiger partial charge in [-0.1, -0.05) is 30.3 Å². The largest absolute Gasteiger partial charge is 0.457 e. The number of ether oxygens (including phenoxy) is 1. The van der Waals surface area contributed by atoms with Crippen molar-refractivity contribution < 1.29 is 14.3 Å². The van der Waals surface area contributed by atoms with E-state index in [2.05, 4.69) is 10.6 Å². The highest BCUT2D eigenvalue weighted by molar-refractivity contribution is 5.78. The lowest BCUT2D eigenvalue weighted by Gasteiger charge is -2.18. The number of carbonyl (C=O) groups is 2. The van der Waals surface area contributed by atoms with Crippen LogP contribution in [0.5, 0.6) is 11.5 Å². The number of para-hydroxylation sites is 1. The lowest BCUT2D eigenvalue weighted by molar-refractivity contribution is -0.121. The SMILES string of the molecule is CCNC(=O)CC(NC(N)=O)c1cccc(Oc2ccccc2)c1. The average Bonchev–Trinajstić information content (AvgIpc) is 2.55. The second-order valence-corrected chi connectivity index (χ2v) is 5.21. The second-order valence-electron chi connectivity index (χ2n) is 5.21. The first-order valence-electron chi connectivity index (χ1n) is 7.74. The van der Waals surface area contributed by atoms with Gasteiger partial charge in [0.25, 0.3) is 0 Å². The summed E-state index contributed by atoms with van der Waals surface area (Å²) in [5, 5.41) is 5.31. The van der Waals surface area contributed by atoms with E-state index in [1.54, 1.807) is 12.1 Å². The molecule has 4 N–H and O–H groups in total. The van der Waals surface area contributed by atoms with E-state index in [0.717, 1.165) is 5.56 Å². The smallest absolute Gasteiger partial charge is 0.312 e. The van der Waals surface area contributed by atoms with Gasteiger partial charge in [0.2, 0.25) is 5.91 Å². The first-order chi connectivity index (χ1) is 11.6. The van der Waals surface area contributed by atoms with Crippen LogP contribution in [0, 0.1) is 0 Å². The molecule has 2 aromatic rings. The topological polar surface area (TPSA) is 93.5 Å². The Kier molecular flexibility index (Phi) is 6.19. The zero-order chi connectivity index (χ0) is 17.4. The van der Waals surface area contributed by atoms with Gasteiger partial charge in [0.05, 0.1) is 12.5 Å². The Hall–Kier alpha value is -3.02. The van der Waals surface area contributed by atoms with Gasteiger partial charge in [0, 0.05) is 6.54 Å². The molecule has 0 spiro atoms. The van der Waals surface area contributed by atoms with Crippen LogP contribution in [0.25, 0.3) is 0 Å². The van der Waals surface area contributed by atoms with Gasteiger partial charge in [-0.2, -0.15) is 0 Å². The van der Waals surface area contributed by atoms with E-state index < -0.39 is 12.1 Å². The van der Waals surface area contributed by atoms with Crippen LogP contribution in [0.1, 0.15) is 24.9 Å². The minimum absolute atomic E-state index is 0.103. The number of carbonyl (C=O) groups excluding carboxylic acids is 2. The third kappa shape index (κ3) is 5.31. The second kappa shape index (κ2) is 8.57. The molecule has 0 radical (unpaired) electrons. The number of urea groups is 1. The lowest BCUT2D eigenvalue weighted by Crippen LogP contribution is -2.36. The number of amides is 3. The molecule has 0 saturated carbocycles. The minimum Gasteiger partial charge on any atom is -0.457 e. The zero-order valence-corrected chi connectivity index (χ0v) is 13.5. The van der Waals surface area contributed by atoms with Crippen LogP contribution in [0.3, 0.4) is 0 Å². The summed E-state index contributed by atoms with van der Waals surface area (Å²) in [6.07, 6.45) is 0.103. The van der Waals surface area contributed by atoms with Crippen LogP contribution in [-0.2, 0) is 4.79 Å². The molecule has 1 unspecified atom stereocenters. The fraction of sp³-hybridized carbons (Fsp3) is 0.222. The van der Waals surface area contributed by atoms with Crippen molar-refractivity contribution in [2.45, 2.75) is 19.4 Å². The minimum atomic E-state index is -0.682. The molecular formula is C18H21N3O3. The predicted octanol–water partition coefficient (Wildman–Crippen LogP) is 2.71. The van der Waals surface area contributed by atoms with Gasteiger partial charge < -0.3 is 21.1 Å². The Labute approximate surface area is 141 Å². The standard InChI is InChI=1S/C18H21N3O3/c1-2-20-17(22)12-16(21-18(19)23)13-7-6-10-15(11-13)24-14-8-4-3-5-9-14/h3-11,16H,2,12H2,1H3,(H,20,22)(H3,19,21,23). The summed E-state index contributed by atoms with van der Waals surface area (Å²) in [4.78, 5) is 23.1. The normalized spacial score (nSPS) is 11.4. The molecule has 0 aliphatic carbocycles. The Bertz CT molecular complexity index is 689. The van der Waals surface area contributed by atoms with E-state index >= 15 is 0 Å². The number of primary amides is 1. The highest BCUT2D eigenvalue weighted by Gasteiger charge is 2.17.